The minimum absolute atomic E-state index is 0.0538. The molecule has 1 N–H and O–H groups in total. The molecule has 0 radical (unpaired) electrons. The third kappa shape index (κ3) is 4.97. The highest BCUT2D eigenvalue weighted by Crippen LogP contribution is 2.36. The molecule has 1 aromatic carbocycles. The van der Waals surface area contributed by atoms with Crippen LogP contribution in [0.1, 0.15) is 6.92 Å². The van der Waals surface area contributed by atoms with Crippen molar-refractivity contribution in [1.29, 1.82) is 0 Å². The zero-order valence-corrected chi connectivity index (χ0v) is 19.4. The summed E-state index contributed by atoms with van der Waals surface area (Å²) in [5.74, 6) is -1.98. The lowest BCUT2D eigenvalue weighted by atomic mass is 10.0. The van der Waals surface area contributed by atoms with Gasteiger partial charge in [-0.15, -0.1) is 0 Å². The quantitative estimate of drug-likeness (QED) is 0.197. The van der Waals surface area contributed by atoms with Crippen LogP contribution in [-0.4, -0.2) is 65.1 Å². The first-order valence-corrected chi connectivity index (χ1v) is 11.3. The number of rotatable bonds is 6. The van der Waals surface area contributed by atoms with E-state index in [1.807, 2.05) is 0 Å². The number of hydrogen-bond acceptors (Lipinski definition) is 6. The molecule has 2 aliphatic heterocycles. The number of ether oxygens (including phenoxy) is 2. The Hall–Kier alpha value is -2.43. The van der Waals surface area contributed by atoms with Crippen molar-refractivity contribution < 1.29 is 32.9 Å². The van der Waals surface area contributed by atoms with Gasteiger partial charge in [-0.05, 0) is 19.1 Å². The minimum Gasteiger partial charge on any atom is -0.484 e. The molecule has 1 saturated heterocycles. The van der Waals surface area contributed by atoms with Gasteiger partial charge in [0.25, 0.3) is 11.8 Å². The molecule has 0 spiro atoms. The van der Waals surface area contributed by atoms with Crippen molar-refractivity contribution in [2.45, 2.75) is 22.1 Å². The number of carbonyl (C=O) groups is 3. The molecule has 3 rings (SSSR count). The van der Waals surface area contributed by atoms with Crippen molar-refractivity contribution in [3.63, 3.8) is 0 Å². The highest BCUT2D eigenvalue weighted by atomic mass is 35.6. The lowest BCUT2D eigenvalue weighted by Gasteiger charge is -2.47. The monoisotopic (exact) mass is 520 g/mol. The van der Waals surface area contributed by atoms with Crippen LogP contribution in [0.25, 0.3) is 5.53 Å². The van der Waals surface area contributed by atoms with E-state index in [1.165, 1.54) is 6.92 Å². The van der Waals surface area contributed by atoms with Crippen molar-refractivity contribution in [1.82, 2.24) is 10.2 Å². The zero-order valence-electron chi connectivity index (χ0n) is 16.3. The third-order valence-electron chi connectivity index (χ3n) is 4.45. The van der Waals surface area contributed by atoms with Crippen LogP contribution < -0.4 is 10.1 Å². The highest BCUT2D eigenvalue weighted by Gasteiger charge is 2.61. The Kier molecular flexibility index (Phi) is 7.26. The number of fused-ring (bicyclic) bond motifs is 1. The topological polar surface area (TPSA) is 138 Å². The molecule has 0 aromatic heterocycles. The number of carbonyl (C=O) groups excluding carboxylic acids is 3. The molecule has 0 saturated carbocycles. The van der Waals surface area contributed by atoms with Gasteiger partial charge in [0.05, 0.1) is 5.57 Å². The maximum absolute atomic E-state index is 12.8. The summed E-state index contributed by atoms with van der Waals surface area (Å²) < 4.78 is 21.2. The average Bonchev–Trinajstić information content (AvgIpc) is 2.74. The van der Waals surface area contributed by atoms with Crippen LogP contribution in [0, 0.1) is 0 Å². The second-order valence-corrected chi connectivity index (χ2v) is 10.6. The van der Waals surface area contributed by atoms with Crippen LogP contribution in [-0.2, 0) is 29.9 Å². The van der Waals surface area contributed by atoms with Gasteiger partial charge in [-0.2, -0.15) is 4.79 Å². The molecule has 2 amide bonds. The number of hydrogen-bond donors (Lipinski definition) is 1. The summed E-state index contributed by atoms with van der Waals surface area (Å²) in [4.78, 5) is 41.4. The fraction of sp³-hybridized carbons (Fsp3) is 0.333. The van der Waals surface area contributed by atoms with Crippen LogP contribution in [0.2, 0.25) is 0 Å². The van der Waals surface area contributed by atoms with E-state index >= 15 is 0 Å². The molecule has 1 unspecified atom stereocenters. The van der Waals surface area contributed by atoms with E-state index in [1.54, 1.807) is 30.3 Å². The average molecular weight is 522 g/mol. The molecule has 1 fully saturated rings. The Bertz CT molecular complexity index is 1070. The second-order valence-electron chi connectivity index (χ2n) is 6.61. The van der Waals surface area contributed by atoms with Crippen LogP contribution in [0.15, 0.2) is 41.6 Å². The van der Waals surface area contributed by atoms with Gasteiger partial charge in [0, 0.05) is 0 Å². The van der Waals surface area contributed by atoms with Crippen molar-refractivity contribution in [3.8, 4) is 5.75 Å². The van der Waals surface area contributed by atoms with Crippen LogP contribution in [0.3, 0.4) is 0 Å². The third-order valence-corrected chi connectivity index (χ3v) is 6.47. The van der Waals surface area contributed by atoms with E-state index < -0.39 is 57.0 Å². The number of benzene rings is 1. The molecule has 32 heavy (non-hydrogen) atoms. The zero-order chi connectivity index (χ0) is 23.6. The Morgan fingerprint density at radius 2 is 1.94 bits per heavy atom. The standard InChI is InChI=1S/C18H15Cl3N4O6S/c1-9-13(17(28)31-8-18(19,20)21)25-15(27)12(16(25)32(29)14(9)24-22)23-11(26)7-30-10-5-3-2-4-6-10/h2-6,12,16H,7-8H2,1H3,(H,23,26)/t12-,16-,32?/m1/s1. The first-order valence-electron chi connectivity index (χ1n) is 8.93. The Balaban J connectivity index is 1.76. The van der Waals surface area contributed by atoms with Gasteiger partial charge in [0.1, 0.15) is 24.1 Å². The summed E-state index contributed by atoms with van der Waals surface area (Å²) in [6.07, 6.45) is 0. The van der Waals surface area contributed by atoms with Crippen molar-refractivity contribution in [2.24, 2.45) is 0 Å². The van der Waals surface area contributed by atoms with Crippen molar-refractivity contribution in [2.75, 3.05) is 13.2 Å². The number of β-lactam (4-membered cyclic amide) rings is 1. The first kappa shape index (κ1) is 24.2. The van der Waals surface area contributed by atoms with Gasteiger partial charge in [0.15, 0.2) is 22.8 Å². The fourth-order valence-corrected chi connectivity index (χ4v) is 4.77. The smallest absolute Gasteiger partial charge is 0.386 e. The summed E-state index contributed by atoms with van der Waals surface area (Å²) in [5, 5.41) is 0.870. The Morgan fingerprint density at radius 1 is 1.28 bits per heavy atom. The minimum atomic E-state index is -2.06. The predicted octanol–water partition coefficient (Wildman–Crippen LogP) is 1.30. The lowest BCUT2D eigenvalue weighted by molar-refractivity contribution is -0.153. The Morgan fingerprint density at radius 3 is 2.53 bits per heavy atom. The number of nitrogens with zero attached hydrogens (tertiary/aromatic N) is 3. The molecule has 14 heteroatoms. The first-order chi connectivity index (χ1) is 15.0. The molecule has 170 valence electrons. The van der Waals surface area contributed by atoms with E-state index in [-0.39, 0.29) is 16.3 Å². The SMILES string of the molecule is CC1=C(C(=O)OCC(Cl)(Cl)Cl)N2C(=O)[C@@H](NC(=O)COc3ccccc3)[C@H]2S(=O)C1=[N+]=[N-]. The molecule has 3 atom stereocenters. The number of esters is 1. The van der Waals surface area contributed by atoms with Crippen LogP contribution >= 0.6 is 34.8 Å². The number of halogens is 3. The van der Waals surface area contributed by atoms with Crippen LogP contribution in [0.4, 0.5) is 0 Å². The Labute approximate surface area is 199 Å². The molecule has 1 aromatic rings. The van der Waals surface area contributed by atoms with Gasteiger partial charge < -0.3 is 20.3 Å². The largest absolute Gasteiger partial charge is 0.484 e. The van der Waals surface area contributed by atoms with E-state index in [2.05, 4.69) is 10.1 Å². The van der Waals surface area contributed by atoms with E-state index in [9.17, 15) is 24.1 Å². The van der Waals surface area contributed by atoms with Crippen LogP contribution in [0.5, 0.6) is 5.75 Å². The summed E-state index contributed by atoms with van der Waals surface area (Å²) in [6.45, 7) is 0.300. The molecule has 2 aliphatic rings. The summed E-state index contributed by atoms with van der Waals surface area (Å²) >= 11 is 16.7. The van der Waals surface area contributed by atoms with Crippen molar-refractivity contribution in [3.05, 3.63) is 47.1 Å². The molecule has 0 bridgehead atoms. The van der Waals surface area contributed by atoms with E-state index in [0.717, 1.165) is 4.90 Å². The summed E-state index contributed by atoms with van der Waals surface area (Å²) in [5.41, 5.74) is 8.92. The normalized spacial score (nSPS) is 22.5. The maximum Gasteiger partial charge on any atom is 0.386 e. The number of nitrogens with one attached hydrogen (secondary N) is 1. The van der Waals surface area contributed by atoms with E-state index in [0.29, 0.717) is 5.75 Å². The molecular formula is C18H15Cl3N4O6S. The van der Waals surface area contributed by atoms with Gasteiger partial charge in [-0.1, -0.05) is 53.0 Å². The number of alkyl halides is 3. The van der Waals surface area contributed by atoms with Crippen molar-refractivity contribution >= 4 is 68.4 Å². The van der Waals surface area contributed by atoms with Gasteiger partial charge >= 0.3 is 11.0 Å². The second kappa shape index (κ2) is 9.60. The lowest BCUT2D eigenvalue weighted by Crippen LogP contribution is -2.74. The molecule has 0 aliphatic carbocycles. The molecule has 10 nitrogen and oxygen atoms in total. The number of amides is 2. The maximum atomic E-state index is 12.8. The van der Waals surface area contributed by atoms with Gasteiger partial charge in [0.2, 0.25) is 3.79 Å². The summed E-state index contributed by atoms with van der Waals surface area (Å²) in [6, 6.07) is 7.26. The fourth-order valence-electron chi connectivity index (χ4n) is 3.06. The predicted molar refractivity (Wildman–Crippen MR) is 115 cm³/mol. The molecule has 2 heterocycles. The van der Waals surface area contributed by atoms with Gasteiger partial charge in [-0.25, -0.2) is 9.00 Å². The molecular weight excluding hydrogens is 507 g/mol. The van der Waals surface area contributed by atoms with E-state index in [4.69, 9.17) is 44.3 Å². The highest BCUT2D eigenvalue weighted by molar-refractivity contribution is 8.01. The van der Waals surface area contributed by atoms with Gasteiger partial charge in [-0.3, -0.25) is 14.5 Å². The summed E-state index contributed by atoms with van der Waals surface area (Å²) in [7, 11) is -2.06. The number of para-hydroxylation sites is 1.